The Kier molecular flexibility index (Phi) is 2.98. The van der Waals surface area contributed by atoms with Crippen LogP contribution in [0.2, 0.25) is 0 Å². The minimum Gasteiger partial charge on any atom is -0.355 e. The number of Topliss-reactive ketones (excluding diaryl/α,β-unsaturated/α-hetero) is 1. The van der Waals surface area contributed by atoms with Crippen molar-refractivity contribution in [2.24, 2.45) is 0 Å². The standard InChI is InChI=1S/C13H15N5O/c1-10(19)11-6-15-18(9-11)13-8-14-7-12(16-13)17-4-2-3-5-17/h6-9H,2-5H2,1H3. The number of carbonyl (C=O) groups is 1. The van der Waals surface area contributed by atoms with Gasteiger partial charge in [-0.25, -0.2) is 9.67 Å². The predicted molar refractivity (Wildman–Crippen MR) is 70.6 cm³/mol. The van der Waals surface area contributed by atoms with E-state index in [0.29, 0.717) is 11.4 Å². The molecule has 0 amide bonds. The third-order valence-corrected chi connectivity index (χ3v) is 3.26. The average molecular weight is 257 g/mol. The van der Waals surface area contributed by atoms with Crippen molar-refractivity contribution in [1.29, 1.82) is 0 Å². The monoisotopic (exact) mass is 257 g/mol. The van der Waals surface area contributed by atoms with E-state index < -0.39 is 0 Å². The third kappa shape index (κ3) is 2.33. The Hall–Kier alpha value is -2.24. The lowest BCUT2D eigenvalue weighted by atomic mass is 10.3. The zero-order valence-electron chi connectivity index (χ0n) is 10.8. The van der Waals surface area contributed by atoms with Gasteiger partial charge in [0.25, 0.3) is 0 Å². The van der Waals surface area contributed by atoms with E-state index in [1.54, 1.807) is 29.5 Å². The Morgan fingerprint density at radius 3 is 2.58 bits per heavy atom. The highest BCUT2D eigenvalue weighted by Crippen LogP contribution is 2.17. The summed E-state index contributed by atoms with van der Waals surface area (Å²) in [6.45, 7) is 3.57. The maximum Gasteiger partial charge on any atom is 0.173 e. The minimum absolute atomic E-state index is 0.00472. The highest BCUT2D eigenvalue weighted by atomic mass is 16.1. The summed E-state index contributed by atoms with van der Waals surface area (Å²) in [5, 5.41) is 4.15. The second-order valence-corrected chi connectivity index (χ2v) is 4.66. The number of rotatable bonds is 3. The zero-order chi connectivity index (χ0) is 13.2. The van der Waals surface area contributed by atoms with Gasteiger partial charge in [-0.1, -0.05) is 0 Å². The van der Waals surface area contributed by atoms with Crippen LogP contribution < -0.4 is 4.90 Å². The molecule has 0 aromatic carbocycles. The molecule has 0 aliphatic carbocycles. The maximum absolute atomic E-state index is 11.3. The molecule has 1 fully saturated rings. The van der Waals surface area contributed by atoms with Gasteiger partial charge in [0.2, 0.25) is 0 Å². The number of aromatic nitrogens is 4. The molecule has 6 heteroatoms. The molecule has 19 heavy (non-hydrogen) atoms. The summed E-state index contributed by atoms with van der Waals surface area (Å²) in [6, 6.07) is 0. The summed E-state index contributed by atoms with van der Waals surface area (Å²) in [5.41, 5.74) is 0.577. The Morgan fingerprint density at radius 1 is 1.16 bits per heavy atom. The van der Waals surface area contributed by atoms with Crippen LogP contribution in [0.3, 0.4) is 0 Å². The molecule has 0 unspecified atom stereocenters. The summed E-state index contributed by atoms with van der Waals surface area (Å²) in [7, 11) is 0. The van der Waals surface area contributed by atoms with Crippen molar-refractivity contribution in [3.8, 4) is 5.82 Å². The molecule has 98 valence electrons. The lowest BCUT2D eigenvalue weighted by Crippen LogP contribution is -2.19. The van der Waals surface area contributed by atoms with E-state index in [9.17, 15) is 4.79 Å². The molecule has 0 N–H and O–H groups in total. The van der Waals surface area contributed by atoms with Gasteiger partial charge in [-0.15, -0.1) is 0 Å². The third-order valence-electron chi connectivity index (χ3n) is 3.26. The minimum atomic E-state index is -0.00472. The fourth-order valence-electron chi connectivity index (χ4n) is 2.18. The Bertz CT molecular complexity index is 601. The number of hydrogen-bond acceptors (Lipinski definition) is 5. The van der Waals surface area contributed by atoms with Crippen LogP contribution in [0, 0.1) is 0 Å². The predicted octanol–water partition coefficient (Wildman–Crippen LogP) is 1.47. The van der Waals surface area contributed by atoms with Crippen molar-refractivity contribution in [3.63, 3.8) is 0 Å². The zero-order valence-corrected chi connectivity index (χ0v) is 10.8. The lowest BCUT2D eigenvalue weighted by Gasteiger charge is -2.16. The summed E-state index contributed by atoms with van der Waals surface area (Å²) in [6.07, 6.45) is 9.04. The second-order valence-electron chi connectivity index (χ2n) is 4.66. The fraction of sp³-hybridized carbons (Fsp3) is 0.385. The fourth-order valence-corrected chi connectivity index (χ4v) is 2.18. The molecule has 0 atom stereocenters. The highest BCUT2D eigenvalue weighted by Gasteiger charge is 2.15. The summed E-state index contributed by atoms with van der Waals surface area (Å²) < 4.78 is 1.59. The molecule has 0 radical (unpaired) electrons. The number of carbonyl (C=O) groups excluding carboxylic acids is 1. The van der Waals surface area contributed by atoms with Gasteiger partial charge in [-0.05, 0) is 19.8 Å². The van der Waals surface area contributed by atoms with E-state index in [1.165, 1.54) is 19.8 Å². The molecule has 0 bridgehead atoms. The molecule has 1 aliphatic rings. The molecule has 0 saturated carbocycles. The molecular formula is C13H15N5O. The van der Waals surface area contributed by atoms with E-state index in [2.05, 4.69) is 20.0 Å². The summed E-state index contributed by atoms with van der Waals surface area (Å²) >= 11 is 0. The van der Waals surface area contributed by atoms with Crippen LogP contribution in [0.25, 0.3) is 5.82 Å². The molecule has 1 aliphatic heterocycles. The number of ketones is 1. The topological polar surface area (TPSA) is 63.9 Å². The normalized spacial score (nSPS) is 14.9. The highest BCUT2D eigenvalue weighted by molar-refractivity contribution is 5.93. The first-order valence-electron chi connectivity index (χ1n) is 6.37. The van der Waals surface area contributed by atoms with E-state index in [4.69, 9.17) is 0 Å². The molecular weight excluding hydrogens is 242 g/mol. The average Bonchev–Trinajstić information content (AvgIpc) is 3.10. The van der Waals surface area contributed by atoms with Gasteiger partial charge in [-0.2, -0.15) is 5.10 Å². The summed E-state index contributed by atoms with van der Waals surface area (Å²) in [4.78, 5) is 22.2. The Morgan fingerprint density at radius 2 is 1.89 bits per heavy atom. The van der Waals surface area contributed by atoms with Gasteiger partial charge in [-0.3, -0.25) is 9.78 Å². The molecule has 0 spiro atoms. The van der Waals surface area contributed by atoms with Crippen molar-refractivity contribution in [2.45, 2.75) is 19.8 Å². The van der Waals surface area contributed by atoms with E-state index in [-0.39, 0.29) is 5.78 Å². The van der Waals surface area contributed by atoms with Crippen LogP contribution >= 0.6 is 0 Å². The van der Waals surface area contributed by atoms with E-state index in [0.717, 1.165) is 18.9 Å². The van der Waals surface area contributed by atoms with Gasteiger partial charge in [0, 0.05) is 19.3 Å². The summed E-state index contributed by atoms with van der Waals surface area (Å²) in [5.74, 6) is 1.50. The smallest absolute Gasteiger partial charge is 0.173 e. The van der Waals surface area contributed by atoms with Gasteiger partial charge >= 0.3 is 0 Å². The van der Waals surface area contributed by atoms with E-state index >= 15 is 0 Å². The van der Waals surface area contributed by atoms with Crippen LogP contribution in [0.4, 0.5) is 5.82 Å². The van der Waals surface area contributed by atoms with Gasteiger partial charge in [0.05, 0.1) is 24.2 Å². The van der Waals surface area contributed by atoms with Crippen LogP contribution in [-0.2, 0) is 0 Å². The van der Waals surface area contributed by atoms with Crippen LogP contribution in [0.1, 0.15) is 30.1 Å². The van der Waals surface area contributed by atoms with Crippen LogP contribution in [0.15, 0.2) is 24.8 Å². The van der Waals surface area contributed by atoms with Crippen molar-refractivity contribution < 1.29 is 4.79 Å². The van der Waals surface area contributed by atoms with Gasteiger partial charge < -0.3 is 4.90 Å². The van der Waals surface area contributed by atoms with Gasteiger partial charge in [0.15, 0.2) is 11.6 Å². The SMILES string of the molecule is CC(=O)c1cnn(-c2cncc(N3CCCC3)n2)c1. The van der Waals surface area contributed by atoms with Crippen molar-refractivity contribution in [1.82, 2.24) is 19.7 Å². The molecule has 3 rings (SSSR count). The first-order chi connectivity index (χ1) is 9.24. The number of anilines is 1. The Labute approximate surface area is 111 Å². The number of nitrogens with zero attached hydrogens (tertiary/aromatic N) is 5. The molecule has 2 aromatic rings. The Balaban J connectivity index is 1.91. The van der Waals surface area contributed by atoms with Crippen LogP contribution in [0.5, 0.6) is 0 Å². The van der Waals surface area contributed by atoms with Crippen molar-refractivity contribution in [3.05, 3.63) is 30.4 Å². The van der Waals surface area contributed by atoms with E-state index in [1.807, 2.05) is 0 Å². The van der Waals surface area contributed by atoms with Crippen molar-refractivity contribution in [2.75, 3.05) is 18.0 Å². The van der Waals surface area contributed by atoms with Crippen LogP contribution in [-0.4, -0.2) is 38.6 Å². The molecule has 3 heterocycles. The first kappa shape index (κ1) is 11.8. The van der Waals surface area contributed by atoms with Crippen molar-refractivity contribution >= 4 is 11.6 Å². The largest absolute Gasteiger partial charge is 0.355 e. The molecule has 1 saturated heterocycles. The maximum atomic E-state index is 11.3. The second kappa shape index (κ2) is 4.79. The number of hydrogen-bond donors (Lipinski definition) is 0. The molecule has 2 aromatic heterocycles. The molecule has 6 nitrogen and oxygen atoms in total. The first-order valence-corrected chi connectivity index (χ1v) is 6.37. The van der Waals surface area contributed by atoms with Gasteiger partial charge in [0.1, 0.15) is 5.82 Å². The quantitative estimate of drug-likeness (QED) is 0.779. The lowest BCUT2D eigenvalue weighted by molar-refractivity contribution is 0.101.